The zero-order valence-electron chi connectivity index (χ0n) is 15.3. The van der Waals surface area contributed by atoms with E-state index in [0.717, 1.165) is 50.5 Å². The monoisotopic (exact) mass is 346 g/mol. The molecule has 0 unspecified atom stereocenters. The van der Waals surface area contributed by atoms with Gasteiger partial charge in [0.25, 0.3) is 0 Å². The Labute approximate surface area is 148 Å². The van der Waals surface area contributed by atoms with E-state index in [-0.39, 0.29) is 17.9 Å². The Morgan fingerprint density at radius 3 is 2.36 bits per heavy atom. The van der Waals surface area contributed by atoms with Gasteiger partial charge in [-0.1, -0.05) is 13.3 Å². The lowest BCUT2D eigenvalue weighted by atomic mass is 10.1. The van der Waals surface area contributed by atoms with Gasteiger partial charge in [0.15, 0.2) is 5.82 Å². The van der Waals surface area contributed by atoms with Crippen LogP contribution < -0.4 is 4.90 Å². The minimum atomic E-state index is -0.189. The third kappa shape index (κ3) is 3.98. The molecular weight excluding hydrogens is 319 g/mol. The molecule has 3 rings (SSSR count). The molecule has 1 aromatic heterocycles. The van der Waals surface area contributed by atoms with Gasteiger partial charge < -0.3 is 4.90 Å². The Hall–Kier alpha value is -2.02. The second kappa shape index (κ2) is 7.91. The topological polar surface area (TPSA) is 50.1 Å². The number of benzene rings is 1. The minimum Gasteiger partial charge on any atom is -0.369 e. The van der Waals surface area contributed by atoms with Gasteiger partial charge in [0.2, 0.25) is 0 Å². The molecule has 0 saturated carbocycles. The standard InChI is InChI=1S/C18H27FN6/c1-4-5-17(18-20-21-22-25(18)14(2)3)24-12-10-23(11-13-24)16-8-6-15(19)7-9-16/h6-9,14,17H,4-5,10-13H2,1-3H3/t17-/m0/s1. The molecule has 1 atom stereocenters. The van der Waals surface area contributed by atoms with E-state index in [9.17, 15) is 4.39 Å². The van der Waals surface area contributed by atoms with Crippen LogP contribution in [0.25, 0.3) is 0 Å². The second-order valence-electron chi connectivity index (χ2n) is 6.88. The van der Waals surface area contributed by atoms with Crippen LogP contribution in [0.3, 0.4) is 0 Å². The van der Waals surface area contributed by atoms with Crippen molar-refractivity contribution in [1.29, 1.82) is 0 Å². The first-order valence-corrected chi connectivity index (χ1v) is 9.12. The van der Waals surface area contributed by atoms with Crippen molar-refractivity contribution >= 4 is 5.69 Å². The molecule has 0 bridgehead atoms. The molecule has 6 nitrogen and oxygen atoms in total. The van der Waals surface area contributed by atoms with E-state index in [2.05, 4.69) is 46.1 Å². The van der Waals surface area contributed by atoms with Crippen LogP contribution in [-0.2, 0) is 0 Å². The van der Waals surface area contributed by atoms with Crippen molar-refractivity contribution in [3.8, 4) is 0 Å². The summed E-state index contributed by atoms with van der Waals surface area (Å²) in [4.78, 5) is 4.79. The molecule has 136 valence electrons. The van der Waals surface area contributed by atoms with Crippen LogP contribution in [0.4, 0.5) is 10.1 Å². The minimum absolute atomic E-state index is 0.189. The number of tetrazole rings is 1. The predicted octanol–water partition coefficient (Wildman–Crippen LogP) is 3.06. The molecule has 25 heavy (non-hydrogen) atoms. The van der Waals surface area contributed by atoms with Gasteiger partial charge in [-0.15, -0.1) is 5.10 Å². The number of aromatic nitrogens is 4. The zero-order chi connectivity index (χ0) is 17.8. The van der Waals surface area contributed by atoms with E-state index in [1.54, 1.807) is 0 Å². The molecule has 1 fully saturated rings. The Morgan fingerprint density at radius 2 is 1.76 bits per heavy atom. The Kier molecular flexibility index (Phi) is 5.63. The van der Waals surface area contributed by atoms with Gasteiger partial charge in [0.05, 0.1) is 12.1 Å². The molecule has 0 spiro atoms. The number of rotatable bonds is 6. The molecule has 7 heteroatoms. The number of nitrogens with zero attached hydrogens (tertiary/aromatic N) is 6. The second-order valence-corrected chi connectivity index (χ2v) is 6.88. The fraction of sp³-hybridized carbons (Fsp3) is 0.611. The van der Waals surface area contributed by atoms with Crippen molar-refractivity contribution in [2.24, 2.45) is 0 Å². The summed E-state index contributed by atoms with van der Waals surface area (Å²) in [6, 6.07) is 7.26. The van der Waals surface area contributed by atoms with E-state index < -0.39 is 0 Å². The van der Waals surface area contributed by atoms with E-state index in [4.69, 9.17) is 0 Å². The van der Waals surface area contributed by atoms with Crippen LogP contribution in [0, 0.1) is 5.82 Å². The Bertz CT molecular complexity index is 660. The molecule has 0 amide bonds. The Morgan fingerprint density at radius 1 is 1.08 bits per heavy atom. The summed E-state index contributed by atoms with van der Waals surface area (Å²) in [7, 11) is 0. The lowest BCUT2D eigenvalue weighted by molar-refractivity contribution is 0.162. The molecule has 1 saturated heterocycles. The summed E-state index contributed by atoms with van der Waals surface area (Å²) >= 11 is 0. The largest absolute Gasteiger partial charge is 0.369 e. The molecule has 1 aliphatic heterocycles. The maximum atomic E-state index is 13.1. The zero-order valence-corrected chi connectivity index (χ0v) is 15.3. The fourth-order valence-corrected chi connectivity index (χ4v) is 3.48. The Balaban J connectivity index is 1.70. The molecule has 0 aliphatic carbocycles. The highest BCUT2D eigenvalue weighted by Gasteiger charge is 2.29. The van der Waals surface area contributed by atoms with Gasteiger partial charge in [-0.3, -0.25) is 4.90 Å². The summed E-state index contributed by atoms with van der Waals surface area (Å²) < 4.78 is 15.1. The van der Waals surface area contributed by atoms with Crippen molar-refractivity contribution in [3.05, 3.63) is 35.9 Å². The highest BCUT2D eigenvalue weighted by Crippen LogP contribution is 2.27. The van der Waals surface area contributed by atoms with Crippen molar-refractivity contribution in [1.82, 2.24) is 25.1 Å². The van der Waals surface area contributed by atoms with Gasteiger partial charge >= 0.3 is 0 Å². The lowest BCUT2D eigenvalue weighted by Crippen LogP contribution is -2.48. The first-order valence-electron chi connectivity index (χ1n) is 9.12. The molecule has 1 aromatic carbocycles. The van der Waals surface area contributed by atoms with Crippen molar-refractivity contribution < 1.29 is 4.39 Å². The quantitative estimate of drug-likeness (QED) is 0.805. The predicted molar refractivity (Wildman–Crippen MR) is 96.0 cm³/mol. The van der Waals surface area contributed by atoms with Crippen LogP contribution in [0.5, 0.6) is 0 Å². The number of hydrogen-bond donors (Lipinski definition) is 0. The van der Waals surface area contributed by atoms with Gasteiger partial charge in [0.1, 0.15) is 5.82 Å². The van der Waals surface area contributed by atoms with Gasteiger partial charge in [0, 0.05) is 31.9 Å². The summed E-state index contributed by atoms with van der Waals surface area (Å²) in [6.07, 6.45) is 2.14. The normalized spacial score (nSPS) is 17.2. The molecular formula is C18H27FN6. The van der Waals surface area contributed by atoms with Gasteiger partial charge in [-0.25, -0.2) is 9.07 Å². The van der Waals surface area contributed by atoms with Crippen molar-refractivity contribution in [2.45, 2.75) is 45.7 Å². The summed E-state index contributed by atoms with van der Waals surface area (Å²) in [5, 5.41) is 12.4. The maximum Gasteiger partial charge on any atom is 0.168 e. The maximum absolute atomic E-state index is 13.1. The van der Waals surface area contributed by atoms with E-state index in [1.807, 2.05) is 16.8 Å². The van der Waals surface area contributed by atoms with Crippen LogP contribution in [0.2, 0.25) is 0 Å². The molecule has 1 aliphatic rings. The summed E-state index contributed by atoms with van der Waals surface area (Å²) in [6.45, 7) is 10.2. The van der Waals surface area contributed by atoms with E-state index >= 15 is 0 Å². The van der Waals surface area contributed by atoms with Gasteiger partial charge in [-0.05, 0) is 55.0 Å². The molecule has 2 aromatic rings. The smallest absolute Gasteiger partial charge is 0.168 e. The summed E-state index contributed by atoms with van der Waals surface area (Å²) in [5.41, 5.74) is 1.08. The third-order valence-corrected chi connectivity index (χ3v) is 4.81. The fourth-order valence-electron chi connectivity index (χ4n) is 3.48. The van der Waals surface area contributed by atoms with Crippen molar-refractivity contribution in [2.75, 3.05) is 31.1 Å². The molecule has 2 heterocycles. The van der Waals surface area contributed by atoms with Gasteiger partial charge in [-0.2, -0.15) is 0 Å². The highest BCUT2D eigenvalue weighted by molar-refractivity contribution is 5.46. The highest BCUT2D eigenvalue weighted by atomic mass is 19.1. The lowest BCUT2D eigenvalue weighted by Gasteiger charge is -2.39. The van der Waals surface area contributed by atoms with Crippen LogP contribution >= 0.6 is 0 Å². The average Bonchev–Trinajstić information content (AvgIpc) is 3.10. The number of anilines is 1. The van der Waals surface area contributed by atoms with Crippen LogP contribution in [0.15, 0.2) is 24.3 Å². The molecule has 0 radical (unpaired) electrons. The number of halogens is 1. The van der Waals surface area contributed by atoms with Crippen LogP contribution in [0.1, 0.15) is 51.5 Å². The van der Waals surface area contributed by atoms with E-state index in [0.29, 0.717) is 0 Å². The third-order valence-electron chi connectivity index (χ3n) is 4.81. The van der Waals surface area contributed by atoms with Crippen molar-refractivity contribution in [3.63, 3.8) is 0 Å². The number of hydrogen-bond acceptors (Lipinski definition) is 5. The van der Waals surface area contributed by atoms with Crippen LogP contribution in [-0.4, -0.2) is 51.3 Å². The number of piperazine rings is 1. The molecule has 0 N–H and O–H groups in total. The first kappa shape index (κ1) is 17.8. The van der Waals surface area contributed by atoms with E-state index in [1.165, 1.54) is 12.1 Å². The first-order chi connectivity index (χ1) is 12.1. The summed E-state index contributed by atoms with van der Waals surface area (Å²) in [5.74, 6) is 0.776. The SMILES string of the molecule is CCC[C@@H](c1nnnn1C(C)C)N1CCN(c2ccc(F)cc2)CC1. The average molecular weight is 346 g/mol.